The van der Waals surface area contributed by atoms with E-state index in [1.165, 1.54) is 11.3 Å². The predicted octanol–water partition coefficient (Wildman–Crippen LogP) is 2.18. The van der Waals surface area contributed by atoms with E-state index in [4.69, 9.17) is 9.47 Å². The van der Waals surface area contributed by atoms with Crippen LogP contribution in [-0.2, 0) is 6.54 Å². The van der Waals surface area contributed by atoms with Crippen LogP contribution >= 0.6 is 11.3 Å². The van der Waals surface area contributed by atoms with Gasteiger partial charge in [0.1, 0.15) is 0 Å². The summed E-state index contributed by atoms with van der Waals surface area (Å²) in [7, 11) is 7.14. The van der Waals surface area contributed by atoms with Crippen molar-refractivity contribution in [2.24, 2.45) is 0 Å². The van der Waals surface area contributed by atoms with Crippen molar-refractivity contribution in [1.82, 2.24) is 9.88 Å². The molecule has 0 aliphatic carbocycles. The standard InChI is InChI=1S/C14H18N2O3S/c1-16(2)8-12-13(15-14(17)20-12)9-5-6-10(18-3)11(7-9)19-4/h5-7H,8H2,1-4H3,(H,15,17). The number of H-pyrrole nitrogens is 1. The van der Waals surface area contributed by atoms with Gasteiger partial charge in [-0.2, -0.15) is 0 Å². The van der Waals surface area contributed by atoms with E-state index < -0.39 is 0 Å². The number of aromatic nitrogens is 1. The molecule has 0 unspecified atom stereocenters. The van der Waals surface area contributed by atoms with Crippen LogP contribution < -0.4 is 14.3 Å². The lowest BCUT2D eigenvalue weighted by Gasteiger charge is -2.11. The van der Waals surface area contributed by atoms with Crippen LogP contribution in [0.4, 0.5) is 0 Å². The summed E-state index contributed by atoms with van der Waals surface area (Å²) in [6.45, 7) is 0.715. The quantitative estimate of drug-likeness (QED) is 0.918. The molecule has 0 aliphatic heterocycles. The molecule has 0 aliphatic rings. The van der Waals surface area contributed by atoms with Gasteiger partial charge in [0.05, 0.1) is 19.9 Å². The molecule has 0 saturated heterocycles. The van der Waals surface area contributed by atoms with Crippen LogP contribution in [0.3, 0.4) is 0 Å². The van der Waals surface area contributed by atoms with E-state index >= 15 is 0 Å². The second-order valence-electron chi connectivity index (χ2n) is 4.62. The van der Waals surface area contributed by atoms with Crippen LogP contribution in [-0.4, -0.2) is 38.2 Å². The number of hydrogen-bond acceptors (Lipinski definition) is 5. The van der Waals surface area contributed by atoms with E-state index in [2.05, 4.69) is 4.98 Å². The van der Waals surface area contributed by atoms with Crippen LogP contribution in [0.1, 0.15) is 4.88 Å². The summed E-state index contributed by atoms with van der Waals surface area (Å²) in [5.74, 6) is 1.32. The van der Waals surface area contributed by atoms with Gasteiger partial charge in [-0.3, -0.25) is 4.79 Å². The molecule has 20 heavy (non-hydrogen) atoms. The molecule has 1 N–H and O–H groups in total. The number of methoxy groups -OCH3 is 2. The van der Waals surface area contributed by atoms with Gasteiger partial charge in [-0.25, -0.2) is 0 Å². The Morgan fingerprint density at radius 2 is 1.90 bits per heavy atom. The molecule has 1 aromatic carbocycles. The summed E-state index contributed by atoms with van der Waals surface area (Å²) in [5.41, 5.74) is 1.76. The van der Waals surface area contributed by atoms with Gasteiger partial charge in [0.15, 0.2) is 11.5 Å². The molecule has 5 nitrogen and oxygen atoms in total. The first-order valence-corrected chi connectivity index (χ1v) is 6.96. The van der Waals surface area contributed by atoms with E-state index in [9.17, 15) is 4.79 Å². The molecule has 0 atom stereocenters. The largest absolute Gasteiger partial charge is 0.493 e. The highest BCUT2D eigenvalue weighted by Crippen LogP contribution is 2.33. The van der Waals surface area contributed by atoms with Gasteiger partial charge in [0, 0.05) is 17.0 Å². The van der Waals surface area contributed by atoms with Crippen molar-refractivity contribution in [2.75, 3.05) is 28.3 Å². The fraction of sp³-hybridized carbons (Fsp3) is 0.357. The molecule has 0 saturated carbocycles. The normalized spacial score (nSPS) is 10.8. The van der Waals surface area contributed by atoms with E-state index in [0.717, 1.165) is 16.1 Å². The first kappa shape index (κ1) is 14.6. The number of hydrogen-bond donors (Lipinski definition) is 1. The lowest BCUT2D eigenvalue weighted by molar-refractivity contribution is 0.355. The topological polar surface area (TPSA) is 54.6 Å². The Morgan fingerprint density at radius 3 is 2.50 bits per heavy atom. The van der Waals surface area contributed by atoms with Crippen molar-refractivity contribution in [3.63, 3.8) is 0 Å². The average molecular weight is 294 g/mol. The van der Waals surface area contributed by atoms with Gasteiger partial charge >= 0.3 is 4.87 Å². The third kappa shape index (κ3) is 3.02. The third-order valence-electron chi connectivity index (χ3n) is 2.85. The maximum absolute atomic E-state index is 11.6. The van der Waals surface area contributed by atoms with Gasteiger partial charge < -0.3 is 19.4 Å². The second kappa shape index (κ2) is 6.11. The van der Waals surface area contributed by atoms with Crippen LogP contribution in [0.5, 0.6) is 11.5 Å². The summed E-state index contributed by atoms with van der Waals surface area (Å²) in [5, 5.41) is 0. The molecule has 2 rings (SSSR count). The maximum Gasteiger partial charge on any atom is 0.305 e. The van der Waals surface area contributed by atoms with Crippen LogP contribution in [0.25, 0.3) is 11.3 Å². The van der Waals surface area contributed by atoms with E-state index in [-0.39, 0.29) is 4.87 Å². The minimum absolute atomic E-state index is 0.0494. The highest BCUT2D eigenvalue weighted by Gasteiger charge is 2.13. The average Bonchev–Trinajstić information content (AvgIpc) is 2.77. The van der Waals surface area contributed by atoms with E-state index in [1.807, 2.05) is 37.2 Å². The fourth-order valence-electron chi connectivity index (χ4n) is 1.98. The maximum atomic E-state index is 11.6. The minimum Gasteiger partial charge on any atom is -0.493 e. The number of ether oxygens (including phenoxy) is 2. The van der Waals surface area contributed by atoms with Crippen LogP contribution in [0, 0.1) is 0 Å². The van der Waals surface area contributed by atoms with Crippen LogP contribution in [0.15, 0.2) is 23.0 Å². The van der Waals surface area contributed by atoms with Gasteiger partial charge in [-0.15, -0.1) is 0 Å². The zero-order valence-electron chi connectivity index (χ0n) is 12.0. The van der Waals surface area contributed by atoms with E-state index in [1.54, 1.807) is 14.2 Å². The molecule has 0 radical (unpaired) electrons. The zero-order valence-corrected chi connectivity index (χ0v) is 12.8. The summed E-state index contributed by atoms with van der Waals surface area (Å²) in [4.78, 5) is 17.5. The predicted molar refractivity (Wildman–Crippen MR) is 80.9 cm³/mol. The van der Waals surface area contributed by atoms with E-state index in [0.29, 0.717) is 18.0 Å². The Kier molecular flexibility index (Phi) is 4.46. The Labute approximate surface area is 121 Å². The van der Waals surface area contributed by atoms with Crippen molar-refractivity contribution in [2.45, 2.75) is 6.54 Å². The van der Waals surface area contributed by atoms with Crippen molar-refractivity contribution in [3.8, 4) is 22.8 Å². The number of thiazole rings is 1. The number of nitrogens with one attached hydrogen (secondary N) is 1. The smallest absolute Gasteiger partial charge is 0.305 e. The number of nitrogens with zero attached hydrogens (tertiary/aromatic N) is 1. The summed E-state index contributed by atoms with van der Waals surface area (Å²) < 4.78 is 10.5. The monoisotopic (exact) mass is 294 g/mol. The number of benzene rings is 1. The van der Waals surface area contributed by atoms with Gasteiger partial charge in [0.2, 0.25) is 0 Å². The second-order valence-corrected chi connectivity index (χ2v) is 5.69. The highest BCUT2D eigenvalue weighted by molar-refractivity contribution is 7.09. The van der Waals surface area contributed by atoms with Crippen molar-refractivity contribution in [1.29, 1.82) is 0 Å². The molecule has 0 spiro atoms. The zero-order chi connectivity index (χ0) is 14.7. The van der Waals surface area contributed by atoms with Crippen LogP contribution in [0.2, 0.25) is 0 Å². The first-order chi connectivity index (χ1) is 9.55. The molecular weight excluding hydrogens is 276 g/mol. The Morgan fingerprint density at radius 1 is 1.20 bits per heavy atom. The highest BCUT2D eigenvalue weighted by atomic mass is 32.1. The molecule has 2 aromatic rings. The fourth-order valence-corrected chi connectivity index (χ4v) is 2.95. The van der Waals surface area contributed by atoms with Crippen molar-refractivity contribution in [3.05, 3.63) is 32.7 Å². The van der Waals surface area contributed by atoms with Crippen molar-refractivity contribution < 1.29 is 9.47 Å². The van der Waals surface area contributed by atoms with Gasteiger partial charge in [-0.1, -0.05) is 11.3 Å². The summed E-state index contributed by atoms with van der Waals surface area (Å²) in [6.07, 6.45) is 0. The molecule has 0 amide bonds. The molecular formula is C14H18N2O3S. The lowest BCUT2D eigenvalue weighted by Crippen LogP contribution is -2.10. The molecule has 6 heteroatoms. The summed E-state index contributed by atoms with van der Waals surface area (Å²) in [6, 6.07) is 5.62. The SMILES string of the molecule is COc1ccc(-c2[nH]c(=O)sc2CN(C)C)cc1OC. The number of rotatable bonds is 5. The number of aromatic amines is 1. The lowest BCUT2D eigenvalue weighted by atomic mass is 10.1. The molecule has 1 aromatic heterocycles. The van der Waals surface area contributed by atoms with Gasteiger partial charge in [-0.05, 0) is 32.3 Å². The molecule has 1 heterocycles. The Hall–Kier alpha value is -1.79. The minimum atomic E-state index is -0.0494. The Bertz CT molecular complexity index is 646. The molecule has 0 fully saturated rings. The first-order valence-electron chi connectivity index (χ1n) is 6.14. The van der Waals surface area contributed by atoms with Gasteiger partial charge in [0.25, 0.3) is 0 Å². The molecule has 108 valence electrons. The Balaban J connectivity index is 2.48. The molecule has 0 bridgehead atoms. The summed E-state index contributed by atoms with van der Waals surface area (Å²) >= 11 is 1.24. The third-order valence-corrected chi connectivity index (χ3v) is 3.72. The van der Waals surface area contributed by atoms with Crippen molar-refractivity contribution >= 4 is 11.3 Å².